The van der Waals surface area contributed by atoms with Crippen LogP contribution in [-0.2, 0) is 16.6 Å². The molecule has 1 rings (SSSR count). The summed E-state index contributed by atoms with van der Waals surface area (Å²) < 4.78 is 26.1. The van der Waals surface area contributed by atoms with Crippen molar-refractivity contribution in [2.45, 2.75) is 32.2 Å². The van der Waals surface area contributed by atoms with Gasteiger partial charge < -0.3 is 5.73 Å². The molecule has 0 aliphatic rings. The Morgan fingerprint density at radius 2 is 1.94 bits per heavy atom. The van der Waals surface area contributed by atoms with E-state index in [-0.39, 0.29) is 6.54 Å². The number of rotatable bonds is 5. The van der Waals surface area contributed by atoms with Crippen LogP contribution in [0.2, 0.25) is 0 Å². The van der Waals surface area contributed by atoms with Crippen molar-refractivity contribution in [3.05, 3.63) is 15.8 Å². The molecule has 0 atom stereocenters. The van der Waals surface area contributed by atoms with Crippen molar-refractivity contribution in [3.8, 4) is 0 Å². The smallest absolute Gasteiger partial charge is 0.244 e. The summed E-state index contributed by atoms with van der Waals surface area (Å²) in [5, 5.41) is 1.85. The highest BCUT2D eigenvalue weighted by atomic mass is 32.2. The Hall–Kier alpha value is -0.430. The van der Waals surface area contributed by atoms with Gasteiger partial charge in [-0.1, -0.05) is 13.8 Å². The van der Waals surface area contributed by atoms with Gasteiger partial charge in [-0.15, -0.1) is 11.3 Å². The van der Waals surface area contributed by atoms with Crippen LogP contribution in [0.15, 0.2) is 10.3 Å². The first-order chi connectivity index (χ1) is 7.48. The topological polar surface area (TPSA) is 63.4 Å². The van der Waals surface area contributed by atoms with E-state index in [1.54, 1.807) is 0 Å². The van der Waals surface area contributed by atoms with Crippen LogP contribution in [0.25, 0.3) is 0 Å². The molecule has 1 heterocycles. The third kappa shape index (κ3) is 2.29. The highest BCUT2D eigenvalue weighted by Crippen LogP contribution is 2.28. The summed E-state index contributed by atoms with van der Waals surface area (Å²) in [6.07, 6.45) is 0. The Balaban J connectivity index is 3.31. The van der Waals surface area contributed by atoms with Crippen LogP contribution in [0.5, 0.6) is 0 Å². The maximum Gasteiger partial charge on any atom is 0.244 e. The van der Waals surface area contributed by atoms with E-state index in [9.17, 15) is 8.42 Å². The molecule has 0 fully saturated rings. The molecule has 0 aromatic carbocycles. The van der Waals surface area contributed by atoms with E-state index in [1.807, 2.05) is 26.2 Å². The molecule has 0 radical (unpaired) electrons. The molecule has 92 valence electrons. The lowest BCUT2D eigenvalue weighted by atomic mass is 10.3. The van der Waals surface area contributed by atoms with Gasteiger partial charge in [-0.3, -0.25) is 0 Å². The average Bonchev–Trinajstić information content (AvgIpc) is 2.61. The highest BCUT2D eigenvalue weighted by Gasteiger charge is 2.27. The van der Waals surface area contributed by atoms with Crippen LogP contribution in [0.3, 0.4) is 0 Å². The van der Waals surface area contributed by atoms with Crippen LogP contribution < -0.4 is 5.73 Å². The van der Waals surface area contributed by atoms with Crippen LogP contribution in [0, 0.1) is 6.92 Å². The molecular weight excluding hydrogens is 244 g/mol. The van der Waals surface area contributed by atoms with Gasteiger partial charge in [0.2, 0.25) is 10.0 Å². The van der Waals surface area contributed by atoms with Crippen LogP contribution in [0.1, 0.15) is 24.3 Å². The summed E-state index contributed by atoms with van der Waals surface area (Å²) in [5.41, 5.74) is 6.36. The fraction of sp³-hybridized carbons (Fsp3) is 0.600. The van der Waals surface area contributed by atoms with E-state index in [0.29, 0.717) is 18.0 Å². The van der Waals surface area contributed by atoms with Gasteiger partial charge in [-0.2, -0.15) is 4.31 Å². The summed E-state index contributed by atoms with van der Waals surface area (Å²) in [7, 11) is -3.37. The second kappa shape index (κ2) is 5.27. The van der Waals surface area contributed by atoms with E-state index in [4.69, 9.17) is 5.73 Å². The molecule has 0 amide bonds. The van der Waals surface area contributed by atoms with Gasteiger partial charge in [0.15, 0.2) is 0 Å². The number of aryl methyl sites for hydroxylation is 1. The van der Waals surface area contributed by atoms with E-state index in [0.717, 1.165) is 10.4 Å². The molecule has 6 heteroatoms. The van der Waals surface area contributed by atoms with Gasteiger partial charge in [0.25, 0.3) is 0 Å². The molecule has 0 bridgehead atoms. The normalized spacial score (nSPS) is 12.3. The maximum absolute atomic E-state index is 12.3. The fourth-order valence-electron chi connectivity index (χ4n) is 1.67. The lowest BCUT2D eigenvalue weighted by Gasteiger charge is -2.19. The Kier molecular flexibility index (Phi) is 4.49. The molecule has 0 aliphatic heterocycles. The summed E-state index contributed by atoms with van der Waals surface area (Å²) in [6, 6.07) is 0. The van der Waals surface area contributed by atoms with Crippen molar-refractivity contribution < 1.29 is 8.42 Å². The standard InChI is InChI=1S/C10H18N2O2S2/c1-4-12(5-2)16(13,14)10-8(3)7-15-9(10)6-11/h7H,4-6,11H2,1-3H3. The predicted octanol–water partition coefficient (Wildman–Crippen LogP) is 1.55. The Bertz CT molecular complexity index is 447. The monoisotopic (exact) mass is 262 g/mol. The molecule has 16 heavy (non-hydrogen) atoms. The van der Waals surface area contributed by atoms with Crippen molar-refractivity contribution in [2.24, 2.45) is 5.73 Å². The lowest BCUT2D eigenvalue weighted by Crippen LogP contribution is -2.31. The van der Waals surface area contributed by atoms with Gasteiger partial charge in [-0.05, 0) is 17.9 Å². The molecule has 0 saturated carbocycles. The third-order valence-corrected chi connectivity index (χ3v) is 6.01. The summed E-state index contributed by atoms with van der Waals surface area (Å²) in [6.45, 7) is 6.73. The minimum atomic E-state index is -3.37. The van der Waals surface area contributed by atoms with Crippen LogP contribution >= 0.6 is 11.3 Å². The first-order valence-electron chi connectivity index (χ1n) is 5.26. The van der Waals surface area contributed by atoms with Crippen molar-refractivity contribution in [2.75, 3.05) is 13.1 Å². The highest BCUT2D eigenvalue weighted by molar-refractivity contribution is 7.89. The van der Waals surface area contributed by atoms with Gasteiger partial charge in [0.1, 0.15) is 4.90 Å². The maximum atomic E-state index is 12.3. The number of hydrogen-bond donors (Lipinski definition) is 1. The molecule has 4 nitrogen and oxygen atoms in total. The zero-order valence-corrected chi connectivity index (χ0v) is 11.5. The molecule has 0 saturated heterocycles. The zero-order valence-electron chi connectivity index (χ0n) is 9.86. The summed E-state index contributed by atoms with van der Waals surface area (Å²) in [4.78, 5) is 1.15. The second-order valence-electron chi connectivity index (χ2n) is 3.46. The Morgan fingerprint density at radius 1 is 1.38 bits per heavy atom. The Morgan fingerprint density at radius 3 is 2.38 bits per heavy atom. The predicted molar refractivity (Wildman–Crippen MR) is 67.1 cm³/mol. The van der Waals surface area contributed by atoms with Gasteiger partial charge in [-0.25, -0.2) is 8.42 Å². The van der Waals surface area contributed by atoms with E-state index >= 15 is 0 Å². The van der Waals surface area contributed by atoms with Crippen LogP contribution in [-0.4, -0.2) is 25.8 Å². The largest absolute Gasteiger partial charge is 0.326 e. The SMILES string of the molecule is CCN(CC)S(=O)(=O)c1c(C)csc1CN. The van der Waals surface area contributed by atoms with Crippen molar-refractivity contribution in [1.29, 1.82) is 0 Å². The van der Waals surface area contributed by atoms with E-state index < -0.39 is 10.0 Å². The van der Waals surface area contributed by atoms with Gasteiger partial charge >= 0.3 is 0 Å². The first-order valence-corrected chi connectivity index (χ1v) is 7.58. The minimum absolute atomic E-state index is 0.272. The van der Waals surface area contributed by atoms with Crippen molar-refractivity contribution >= 4 is 21.4 Å². The first kappa shape index (κ1) is 13.6. The fourth-order valence-corrected chi connectivity index (χ4v) is 4.78. The molecule has 1 aromatic rings. The Labute approximate surface area is 101 Å². The molecule has 1 aromatic heterocycles. The molecule has 0 aliphatic carbocycles. The van der Waals surface area contributed by atoms with E-state index in [1.165, 1.54) is 15.6 Å². The number of nitrogens with two attached hydrogens (primary N) is 1. The van der Waals surface area contributed by atoms with Crippen LogP contribution in [0.4, 0.5) is 0 Å². The number of sulfonamides is 1. The van der Waals surface area contributed by atoms with Crippen molar-refractivity contribution in [3.63, 3.8) is 0 Å². The summed E-state index contributed by atoms with van der Waals surface area (Å²) in [5.74, 6) is 0. The zero-order chi connectivity index (χ0) is 12.3. The number of thiophene rings is 1. The van der Waals surface area contributed by atoms with E-state index in [2.05, 4.69) is 0 Å². The molecule has 0 spiro atoms. The third-order valence-electron chi connectivity index (χ3n) is 2.48. The number of hydrogen-bond acceptors (Lipinski definition) is 4. The number of nitrogens with zero attached hydrogens (tertiary/aromatic N) is 1. The molecular formula is C10H18N2O2S2. The average molecular weight is 262 g/mol. The van der Waals surface area contributed by atoms with Gasteiger partial charge in [0, 0.05) is 24.5 Å². The molecule has 0 unspecified atom stereocenters. The van der Waals surface area contributed by atoms with Crippen molar-refractivity contribution in [1.82, 2.24) is 4.31 Å². The minimum Gasteiger partial charge on any atom is -0.326 e. The quantitative estimate of drug-likeness (QED) is 0.875. The molecule has 2 N–H and O–H groups in total. The summed E-state index contributed by atoms with van der Waals surface area (Å²) >= 11 is 1.41. The van der Waals surface area contributed by atoms with Gasteiger partial charge in [0.05, 0.1) is 0 Å². The lowest BCUT2D eigenvalue weighted by molar-refractivity contribution is 0.444. The second-order valence-corrected chi connectivity index (χ2v) is 6.30.